The van der Waals surface area contributed by atoms with Crippen LogP contribution in [0.15, 0.2) is 22.6 Å². The van der Waals surface area contributed by atoms with Gasteiger partial charge in [-0.05, 0) is 31.5 Å². The first-order chi connectivity index (χ1) is 9.67. The molecule has 1 aromatic carbocycles. The molecule has 108 valence electrons. The summed E-state index contributed by atoms with van der Waals surface area (Å²) in [6.45, 7) is 8.23. The van der Waals surface area contributed by atoms with Crippen molar-refractivity contribution in [3.05, 3.63) is 35.1 Å². The van der Waals surface area contributed by atoms with E-state index in [9.17, 15) is 0 Å². The van der Waals surface area contributed by atoms with E-state index in [2.05, 4.69) is 36.9 Å². The lowest BCUT2D eigenvalue weighted by Gasteiger charge is -2.31. The summed E-state index contributed by atoms with van der Waals surface area (Å²) in [6.07, 6.45) is 0.149. The van der Waals surface area contributed by atoms with Crippen molar-refractivity contribution in [1.82, 2.24) is 4.90 Å². The maximum atomic E-state index is 6.01. The third kappa shape index (κ3) is 2.59. The van der Waals surface area contributed by atoms with Gasteiger partial charge in [0.15, 0.2) is 0 Å². The molecule has 0 bridgehead atoms. The van der Waals surface area contributed by atoms with E-state index in [-0.39, 0.29) is 6.10 Å². The molecule has 0 aliphatic carbocycles. The summed E-state index contributed by atoms with van der Waals surface area (Å²) < 4.78 is 11.6. The molecule has 0 radical (unpaired) electrons. The van der Waals surface area contributed by atoms with Crippen molar-refractivity contribution in [2.45, 2.75) is 26.5 Å². The number of nitrogens with two attached hydrogens (primary N) is 1. The van der Waals surface area contributed by atoms with Crippen LogP contribution < -0.4 is 5.73 Å². The maximum absolute atomic E-state index is 6.01. The van der Waals surface area contributed by atoms with E-state index < -0.39 is 0 Å². The van der Waals surface area contributed by atoms with Crippen LogP contribution in [0.1, 0.15) is 16.9 Å². The number of nitrogens with zero attached hydrogens (tertiary/aromatic N) is 1. The largest absolute Gasteiger partial charge is 0.459 e. The minimum atomic E-state index is 0.149. The van der Waals surface area contributed by atoms with Crippen LogP contribution in [0.25, 0.3) is 11.0 Å². The fraction of sp³-hybridized carbons (Fsp3) is 0.500. The number of rotatable bonds is 3. The Balaban J connectivity index is 1.82. The Labute approximate surface area is 119 Å². The number of ether oxygens (including phenoxy) is 1. The van der Waals surface area contributed by atoms with E-state index in [4.69, 9.17) is 14.9 Å². The minimum absolute atomic E-state index is 0.149. The zero-order valence-corrected chi connectivity index (χ0v) is 12.2. The highest BCUT2D eigenvalue weighted by atomic mass is 16.5. The molecule has 0 spiro atoms. The van der Waals surface area contributed by atoms with Gasteiger partial charge in [-0.2, -0.15) is 0 Å². The zero-order chi connectivity index (χ0) is 14.1. The summed E-state index contributed by atoms with van der Waals surface area (Å²) in [5.41, 5.74) is 9.19. The van der Waals surface area contributed by atoms with Crippen LogP contribution in [0, 0.1) is 13.8 Å². The first-order valence-electron chi connectivity index (χ1n) is 7.20. The van der Waals surface area contributed by atoms with E-state index in [1.54, 1.807) is 0 Å². The Hall–Kier alpha value is -1.36. The molecule has 2 N–H and O–H groups in total. The molecule has 1 aliphatic heterocycles. The van der Waals surface area contributed by atoms with Crippen LogP contribution in [0.2, 0.25) is 0 Å². The third-order valence-corrected chi connectivity index (χ3v) is 4.04. The highest BCUT2D eigenvalue weighted by Gasteiger charge is 2.21. The SMILES string of the molecule is Cc1ccc2oc(CN3CCOC(CN)C3)c(C)c2c1. The second-order valence-corrected chi connectivity index (χ2v) is 5.61. The lowest BCUT2D eigenvalue weighted by Crippen LogP contribution is -2.45. The first-order valence-corrected chi connectivity index (χ1v) is 7.20. The van der Waals surface area contributed by atoms with Gasteiger partial charge in [0, 0.05) is 25.0 Å². The number of hydrogen-bond acceptors (Lipinski definition) is 4. The molecule has 3 rings (SSSR count). The van der Waals surface area contributed by atoms with Crippen LogP contribution in [0.3, 0.4) is 0 Å². The molecular weight excluding hydrogens is 252 g/mol. The van der Waals surface area contributed by atoms with Gasteiger partial charge in [-0.15, -0.1) is 0 Å². The number of hydrogen-bond donors (Lipinski definition) is 1. The topological polar surface area (TPSA) is 51.6 Å². The van der Waals surface area contributed by atoms with Crippen molar-refractivity contribution in [2.75, 3.05) is 26.2 Å². The lowest BCUT2D eigenvalue weighted by atomic mass is 10.1. The van der Waals surface area contributed by atoms with Crippen molar-refractivity contribution >= 4 is 11.0 Å². The number of aryl methyl sites for hydroxylation is 2. The number of fused-ring (bicyclic) bond motifs is 1. The van der Waals surface area contributed by atoms with Gasteiger partial charge in [0.2, 0.25) is 0 Å². The normalized spacial score (nSPS) is 20.6. The molecule has 2 aromatic rings. The Bertz CT molecular complexity index is 606. The number of morpholine rings is 1. The first kappa shape index (κ1) is 13.6. The minimum Gasteiger partial charge on any atom is -0.459 e. The second kappa shape index (κ2) is 5.56. The number of furan rings is 1. The molecule has 1 unspecified atom stereocenters. The van der Waals surface area contributed by atoms with Crippen LogP contribution in [0.5, 0.6) is 0 Å². The standard InChI is InChI=1S/C16H22N2O2/c1-11-3-4-15-14(7-11)12(2)16(20-15)10-18-5-6-19-13(8-17)9-18/h3-4,7,13H,5-6,8-10,17H2,1-2H3. The van der Waals surface area contributed by atoms with Crippen molar-refractivity contribution in [1.29, 1.82) is 0 Å². The lowest BCUT2D eigenvalue weighted by molar-refractivity contribution is -0.0278. The average molecular weight is 274 g/mol. The van der Waals surface area contributed by atoms with Gasteiger partial charge in [-0.1, -0.05) is 11.6 Å². The van der Waals surface area contributed by atoms with Crippen molar-refractivity contribution in [3.8, 4) is 0 Å². The highest BCUT2D eigenvalue weighted by molar-refractivity contribution is 5.82. The summed E-state index contributed by atoms with van der Waals surface area (Å²) in [5, 5.41) is 1.23. The molecule has 1 saturated heterocycles. The molecule has 0 saturated carbocycles. The molecule has 20 heavy (non-hydrogen) atoms. The van der Waals surface area contributed by atoms with Gasteiger partial charge in [-0.25, -0.2) is 0 Å². The number of benzene rings is 1. The molecule has 1 atom stereocenters. The van der Waals surface area contributed by atoms with Crippen molar-refractivity contribution in [2.24, 2.45) is 5.73 Å². The average Bonchev–Trinajstić information content (AvgIpc) is 2.76. The fourth-order valence-corrected chi connectivity index (χ4v) is 2.81. The van der Waals surface area contributed by atoms with Gasteiger partial charge < -0.3 is 14.9 Å². The third-order valence-electron chi connectivity index (χ3n) is 4.04. The molecular formula is C16H22N2O2. The Morgan fingerprint density at radius 1 is 1.35 bits per heavy atom. The highest BCUT2D eigenvalue weighted by Crippen LogP contribution is 2.27. The zero-order valence-electron chi connectivity index (χ0n) is 12.2. The summed E-state index contributed by atoms with van der Waals surface area (Å²) in [7, 11) is 0. The van der Waals surface area contributed by atoms with Crippen molar-refractivity contribution in [3.63, 3.8) is 0 Å². The Morgan fingerprint density at radius 3 is 3.00 bits per heavy atom. The smallest absolute Gasteiger partial charge is 0.134 e. The molecule has 4 nitrogen and oxygen atoms in total. The van der Waals surface area contributed by atoms with E-state index in [1.807, 2.05) is 0 Å². The predicted octanol–water partition coefficient (Wildman–Crippen LogP) is 2.21. The molecule has 2 heterocycles. The second-order valence-electron chi connectivity index (χ2n) is 5.61. The molecule has 1 aliphatic rings. The monoisotopic (exact) mass is 274 g/mol. The Morgan fingerprint density at radius 2 is 2.20 bits per heavy atom. The van der Waals surface area contributed by atoms with Crippen LogP contribution in [-0.4, -0.2) is 37.2 Å². The summed E-state index contributed by atoms with van der Waals surface area (Å²) in [5.74, 6) is 1.06. The summed E-state index contributed by atoms with van der Waals surface area (Å²) in [6, 6.07) is 6.34. The van der Waals surface area contributed by atoms with Gasteiger partial charge in [0.1, 0.15) is 11.3 Å². The summed E-state index contributed by atoms with van der Waals surface area (Å²) >= 11 is 0. The van der Waals surface area contributed by atoms with E-state index in [1.165, 1.54) is 16.5 Å². The van der Waals surface area contributed by atoms with Crippen LogP contribution in [0.4, 0.5) is 0 Å². The maximum Gasteiger partial charge on any atom is 0.134 e. The van der Waals surface area contributed by atoms with Crippen LogP contribution >= 0.6 is 0 Å². The quantitative estimate of drug-likeness (QED) is 0.932. The summed E-state index contributed by atoms with van der Waals surface area (Å²) in [4.78, 5) is 2.36. The molecule has 4 heteroatoms. The van der Waals surface area contributed by atoms with Gasteiger partial charge in [-0.3, -0.25) is 4.90 Å². The molecule has 1 aromatic heterocycles. The van der Waals surface area contributed by atoms with Gasteiger partial charge in [0.25, 0.3) is 0 Å². The van der Waals surface area contributed by atoms with Gasteiger partial charge >= 0.3 is 0 Å². The van der Waals surface area contributed by atoms with Crippen LogP contribution in [-0.2, 0) is 11.3 Å². The van der Waals surface area contributed by atoms with Crippen molar-refractivity contribution < 1.29 is 9.15 Å². The fourth-order valence-electron chi connectivity index (χ4n) is 2.81. The van der Waals surface area contributed by atoms with E-state index in [0.29, 0.717) is 6.54 Å². The predicted molar refractivity (Wildman–Crippen MR) is 79.8 cm³/mol. The molecule has 0 amide bonds. The van der Waals surface area contributed by atoms with E-state index >= 15 is 0 Å². The van der Waals surface area contributed by atoms with E-state index in [0.717, 1.165) is 37.6 Å². The molecule has 1 fully saturated rings. The Kier molecular flexibility index (Phi) is 3.78. The van der Waals surface area contributed by atoms with Gasteiger partial charge in [0.05, 0.1) is 19.3 Å².